The Balaban J connectivity index is 2.50. The van der Waals surface area contributed by atoms with Gasteiger partial charge in [0.05, 0.1) is 12.5 Å². The normalized spacial score (nSPS) is 10.4. The smallest absolute Gasteiger partial charge is 0.197 e. The van der Waals surface area contributed by atoms with Crippen molar-refractivity contribution < 1.29 is 4.42 Å². The van der Waals surface area contributed by atoms with Gasteiger partial charge in [0.15, 0.2) is 11.7 Å². The second-order valence-corrected chi connectivity index (χ2v) is 2.61. The number of aromatic nitrogens is 2. The molecule has 2 heterocycles. The number of aromatic amines is 1. The summed E-state index contributed by atoms with van der Waals surface area (Å²) in [6.45, 7) is 1.97. The molecular weight excluding hydrogens is 154 g/mol. The summed E-state index contributed by atoms with van der Waals surface area (Å²) in [5, 5.41) is 0. The van der Waals surface area contributed by atoms with E-state index < -0.39 is 0 Å². The summed E-state index contributed by atoms with van der Waals surface area (Å²) < 4.78 is 5.24. The first kappa shape index (κ1) is 6.97. The summed E-state index contributed by atoms with van der Waals surface area (Å²) in [6, 6.07) is 1.90. The molecule has 0 fully saturated rings. The van der Waals surface area contributed by atoms with Crippen molar-refractivity contribution in [2.45, 2.75) is 6.92 Å². The monoisotopic (exact) mass is 163 g/mol. The molecule has 0 aromatic carbocycles. The molecule has 2 rings (SSSR count). The number of rotatable bonds is 1. The molecule has 0 saturated heterocycles. The zero-order chi connectivity index (χ0) is 8.55. The van der Waals surface area contributed by atoms with Crippen molar-refractivity contribution in [1.29, 1.82) is 0 Å². The summed E-state index contributed by atoms with van der Waals surface area (Å²) in [7, 11) is 0. The van der Waals surface area contributed by atoms with Crippen LogP contribution in [0.2, 0.25) is 0 Å². The van der Waals surface area contributed by atoms with Crippen molar-refractivity contribution in [1.82, 2.24) is 9.97 Å². The minimum absolute atomic E-state index is 0.404. The van der Waals surface area contributed by atoms with Crippen LogP contribution >= 0.6 is 0 Å². The van der Waals surface area contributed by atoms with Gasteiger partial charge in [0, 0.05) is 0 Å². The predicted octanol–water partition coefficient (Wildman–Crippen LogP) is 1.56. The first-order valence-corrected chi connectivity index (χ1v) is 3.62. The van der Waals surface area contributed by atoms with E-state index in [0.29, 0.717) is 5.95 Å². The van der Waals surface area contributed by atoms with E-state index >= 15 is 0 Å². The highest BCUT2D eigenvalue weighted by molar-refractivity contribution is 5.57. The molecule has 0 unspecified atom stereocenters. The second-order valence-electron chi connectivity index (χ2n) is 2.61. The number of nitrogens with two attached hydrogens (primary N) is 1. The van der Waals surface area contributed by atoms with Crippen molar-refractivity contribution in [3.63, 3.8) is 0 Å². The van der Waals surface area contributed by atoms with E-state index in [1.807, 2.05) is 13.0 Å². The lowest BCUT2D eigenvalue weighted by Gasteiger charge is -1.91. The number of nitrogens with zero attached hydrogens (tertiary/aromatic N) is 1. The first-order chi connectivity index (χ1) is 5.77. The Morgan fingerprint density at radius 3 is 2.92 bits per heavy atom. The maximum atomic E-state index is 5.43. The van der Waals surface area contributed by atoms with Gasteiger partial charge in [-0.25, -0.2) is 4.98 Å². The van der Waals surface area contributed by atoms with Gasteiger partial charge in [-0.05, 0) is 18.6 Å². The molecule has 0 aliphatic carbocycles. The third kappa shape index (κ3) is 0.972. The number of aryl methyl sites for hydroxylation is 1. The summed E-state index contributed by atoms with van der Waals surface area (Å²) in [5.74, 6) is 1.19. The topological polar surface area (TPSA) is 67.8 Å². The molecular formula is C8H9N3O. The van der Waals surface area contributed by atoms with Crippen molar-refractivity contribution in [2.75, 3.05) is 5.73 Å². The molecule has 3 N–H and O–H groups in total. The van der Waals surface area contributed by atoms with Crippen molar-refractivity contribution >= 4 is 5.95 Å². The predicted molar refractivity (Wildman–Crippen MR) is 45.4 cm³/mol. The van der Waals surface area contributed by atoms with E-state index in [0.717, 1.165) is 17.0 Å². The van der Waals surface area contributed by atoms with Crippen LogP contribution in [-0.2, 0) is 0 Å². The molecule has 0 amide bonds. The molecule has 0 radical (unpaired) electrons. The molecule has 0 atom stereocenters. The fourth-order valence-corrected chi connectivity index (χ4v) is 1.10. The molecule has 2 aromatic heterocycles. The maximum absolute atomic E-state index is 5.43. The van der Waals surface area contributed by atoms with Gasteiger partial charge in [-0.15, -0.1) is 0 Å². The van der Waals surface area contributed by atoms with Gasteiger partial charge < -0.3 is 15.1 Å². The molecule has 2 aromatic rings. The molecule has 0 aliphatic heterocycles. The van der Waals surface area contributed by atoms with Crippen LogP contribution in [0.5, 0.6) is 0 Å². The third-order valence-electron chi connectivity index (χ3n) is 1.70. The minimum atomic E-state index is 0.404. The van der Waals surface area contributed by atoms with E-state index in [2.05, 4.69) is 9.97 Å². The third-order valence-corrected chi connectivity index (χ3v) is 1.70. The molecule has 12 heavy (non-hydrogen) atoms. The van der Waals surface area contributed by atoms with Gasteiger partial charge in [-0.2, -0.15) is 0 Å². The lowest BCUT2D eigenvalue weighted by Crippen LogP contribution is -1.85. The van der Waals surface area contributed by atoms with Crippen molar-refractivity contribution in [3.05, 3.63) is 24.1 Å². The number of furan rings is 1. The van der Waals surface area contributed by atoms with Crippen molar-refractivity contribution in [2.24, 2.45) is 0 Å². The molecule has 4 heteroatoms. The molecule has 62 valence electrons. The van der Waals surface area contributed by atoms with Gasteiger partial charge in [0.25, 0.3) is 0 Å². The van der Waals surface area contributed by atoms with E-state index in [4.69, 9.17) is 10.2 Å². The Labute approximate surface area is 69.4 Å². The number of imidazole rings is 1. The quantitative estimate of drug-likeness (QED) is 0.670. The first-order valence-electron chi connectivity index (χ1n) is 3.62. The number of hydrogen-bond acceptors (Lipinski definition) is 3. The lowest BCUT2D eigenvalue weighted by molar-refractivity contribution is 0.579. The second kappa shape index (κ2) is 2.41. The van der Waals surface area contributed by atoms with Gasteiger partial charge in [0.2, 0.25) is 0 Å². The van der Waals surface area contributed by atoms with Crippen LogP contribution in [0.15, 0.2) is 22.9 Å². The standard InChI is InChI=1S/C8H9N3O/c1-5-2-3-12-7(5)6-4-10-8(9)11-6/h2-4H,1H3,(H3,9,10,11). The fourth-order valence-electron chi connectivity index (χ4n) is 1.10. The molecule has 0 spiro atoms. The average molecular weight is 163 g/mol. The van der Waals surface area contributed by atoms with E-state index in [1.165, 1.54) is 0 Å². The number of nitrogens with one attached hydrogen (secondary N) is 1. The Morgan fingerprint density at radius 1 is 1.58 bits per heavy atom. The van der Waals surface area contributed by atoms with Gasteiger partial charge >= 0.3 is 0 Å². The van der Waals surface area contributed by atoms with E-state index in [9.17, 15) is 0 Å². The van der Waals surface area contributed by atoms with E-state index in [1.54, 1.807) is 12.5 Å². The Hall–Kier alpha value is -1.71. The number of anilines is 1. The van der Waals surface area contributed by atoms with Gasteiger partial charge in [0.1, 0.15) is 5.69 Å². The van der Waals surface area contributed by atoms with Crippen molar-refractivity contribution in [3.8, 4) is 11.5 Å². The Morgan fingerprint density at radius 2 is 2.42 bits per heavy atom. The average Bonchev–Trinajstić information content (AvgIpc) is 2.58. The van der Waals surface area contributed by atoms with Crippen LogP contribution < -0.4 is 5.73 Å². The minimum Gasteiger partial charge on any atom is -0.462 e. The summed E-state index contributed by atoms with van der Waals surface area (Å²) in [5.41, 5.74) is 7.31. The Bertz CT molecular complexity index is 388. The molecule has 0 saturated carbocycles. The van der Waals surface area contributed by atoms with Crippen LogP contribution in [-0.4, -0.2) is 9.97 Å². The van der Waals surface area contributed by atoms with Gasteiger partial charge in [-0.1, -0.05) is 0 Å². The number of H-pyrrole nitrogens is 1. The summed E-state index contributed by atoms with van der Waals surface area (Å²) >= 11 is 0. The molecule has 4 nitrogen and oxygen atoms in total. The SMILES string of the molecule is Cc1ccoc1-c1cnc(N)[nH]1. The zero-order valence-corrected chi connectivity index (χ0v) is 6.66. The zero-order valence-electron chi connectivity index (χ0n) is 6.66. The number of hydrogen-bond donors (Lipinski definition) is 2. The van der Waals surface area contributed by atoms with Crippen LogP contribution in [0, 0.1) is 6.92 Å². The number of nitrogen functional groups attached to an aromatic ring is 1. The largest absolute Gasteiger partial charge is 0.462 e. The lowest BCUT2D eigenvalue weighted by atomic mass is 10.2. The molecule has 0 aliphatic rings. The van der Waals surface area contributed by atoms with Crippen LogP contribution in [0.25, 0.3) is 11.5 Å². The highest BCUT2D eigenvalue weighted by Gasteiger charge is 2.06. The van der Waals surface area contributed by atoms with E-state index in [-0.39, 0.29) is 0 Å². The fraction of sp³-hybridized carbons (Fsp3) is 0.125. The van der Waals surface area contributed by atoms with Crippen LogP contribution in [0.1, 0.15) is 5.56 Å². The maximum Gasteiger partial charge on any atom is 0.197 e. The molecule has 0 bridgehead atoms. The van der Waals surface area contributed by atoms with Gasteiger partial charge in [-0.3, -0.25) is 0 Å². The Kier molecular flexibility index (Phi) is 1.40. The summed E-state index contributed by atoms with van der Waals surface area (Å²) in [4.78, 5) is 6.77. The summed E-state index contributed by atoms with van der Waals surface area (Å²) in [6.07, 6.45) is 3.29. The van der Waals surface area contributed by atoms with Crippen LogP contribution in [0.4, 0.5) is 5.95 Å². The highest BCUT2D eigenvalue weighted by Crippen LogP contribution is 2.22. The highest BCUT2D eigenvalue weighted by atomic mass is 16.3. The van der Waals surface area contributed by atoms with Crippen LogP contribution in [0.3, 0.4) is 0 Å².